The van der Waals surface area contributed by atoms with Gasteiger partial charge >= 0.3 is 0 Å². The second-order valence-corrected chi connectivity index (χ2v) is 5.83. The summed E-state index contributed by atoms with van der Waals surface area (Å²) in [5, 5.41) is 4.14. The van der Waals surface area contributed by atoms with Crippen LogP contribution in [-0.2, 0) is 23.1 Å². The molecular weight excluding hydrogens is 260 g/mol. The van der Waals surface area contributed by atoms with E-state index in [1.807, 2.05) is 23.7 Å². The van der Waals surface area contributed by atoms with Crippen LogP contribution in [0.25, 0.3) is 0 Å². The molecule has 0 aliphatic heterocycles. The van der Waals surface area contributed by atoms with E-state index in [2.05, 4.69) is 17.0 Å². The molecule has 0 fully saturated rings. The molecule has 0 aliphatic rings. The molecule has 0 saturated carbocycles. The van der Waals surface area contributed by atoms with Crippen molar-refractivity contribution in [2.75, 3.05) is 5.73 Å². The van der Waals surface area contributed by atoms with E-state index in [-0.39, 0.29) is 0 Å². The van der Waals surface area contributed by atoms with Crippen LogP contribution in [0.2, 0.25) is 0 Å². The minimum atomic E-state index is -1.13. The van der Waals surface area contributed by atoms with Crippen LogP contribution < -0.4 is 5.73 Å². The molecule has 0 bridgehead atoms. The van der Waals surface area contributed by atoms with E-state index in [0.29, 0.717) is 11.4 Å². The highest BCUT2D eigenvalue weighted by Gasteiger charge is 2.12. The largest absolute Gasteiger partial charge is 0.399 e. The Morgan fingerprint density at radius 3 is 2.89 bits per heavy atom. The van der Waals surface area contributed by atoms with Gasteiger partial charge < -0.3 is 5.73 Å². The van der Waals surface area contributed by atoms with Crippen LogP contribution in [0.15, 0.2) is 29.4 Å². The second kappa shape index (κ2) is 5.97. The lowest BCUT2D eigenvalue weighted by Gasteiger charge is -2.07. The highest BCUT2D eigenvalue weighted by atomic mass is 32.2. The van der Waals surface area contributed by atoms with E-state index in [0.717, 1.165) is 29.2 Å². The molecule has 1 heterocycles. The number of benzene rings is 1. The Hall–Kier alpha value is -1.69. The van der Waals surface area contributed by atoms with Crippen LogP contribution in [-0.4, -0.2) is 19.0 Å². The summed E-state index contributed by atoms with van der Waals surface area (Å²) in [6, 6.07) is 5.43. The quantitative estimate of drug-likeness (QED) is 0.848. The molecule has 0 amide bonds. The third-order valence-corrected chi connectivity index (χ3v) is 4.30. The first-order valence-electron chi connectivity index (χ1n) is 6.23. The van der Waals surface area contributed by atoms with E-state index in [1.165, 1.54) is 6.33 Å². The van der Waals surface area contributed by atoms with Crippen molar-refractivity contribution in [1.82, 2.24) is 14.8 Å². The lowest BCUT2D eigenvalue weighted by Crippen LogP contribution is -2.09. The summed E-state index contributed by atoms with van der Waals surface area (Å²) in [6.45, 7) is 4.79. The Balaban J connectivity index is 2.18. The van der Waals surface area contributed by atoms with Gasteiger partial charge in [-0.1, -0.05) is 6.92 Å². The van der Waals surface area contributed by atoms with Crippen molar-refractivity contribution < 1.29 is 4.21 Å². The fourth-order valence-electron chi connectivity index (χ4n) is 1.92. The zero-order valence-electron chi connectivity index (χ0n) is 11.2. The summed E-state index contributed by atoms with van der Waals surface area (Å²) in [7, 11) is -1.13. The van der Waals surface area contributed by atoms with Crippen LogP contribution in [0.4, 0.5) is 5.69 Å². The lowest BCUT2D eigenvalue weighted by atomic mass is 10.2. The van der Waals surface area contributed by atoms with Crippen molar-refractivity contribution >= 4 is 16.5 Å². The van der Waals surface area contributed by atoms with Gasteiger partial charge in [-0.25, -0.2) is 9.67 Å². The van der Waals surface area contributed by atoms with Crippen molar-refractivity contribution in [1.29, 1.82) is 0 Å². The number of aromatic nitrogens is 3. The van der Waals surface area contributed by atoms with Crippen LogP contribution in [0, 0.1) is 6.92 Å². The van der Waals surface area contributed by atoms with Crippen molar-refractivity contribution in [3.8, 4) is 0 Å². The predicted molar refractivity (Wildman–Crippen MR) is 76.0 cm³/mol. The zero-order chi connectivity index (χ0) is 13.8. The summed E-state index contributed by atoms with van der Waals surface area (Å²) in [4.78, 5) is 4.99. The molecule has 19 heavy (non-hydrogen) atoms. The zero-order valence-corrected chi connectivity index (χ0v) is 12.0. The summed E-state index contributed by atoms with van der Waals surface area (Å²) in [5.41, 5.74) is 7.33. The predicted octanol–water partition coefficient (Wildman–Crippen LogP) is 1.89. The first kappa shape index (κ1) is 13.7. The van der Waals surface area contributed by atoms with Gasteiger partial charge in [-0.2, -0.15) is 5.10 Å². The molecule has 2 aromatic rings. The Labute approximate surface area is 115 Å². The minimum absolute atomic E-state index is 0.380. The SMILES string of the molecule is CCCn1ncnc1CS(=O)c1ccc(N)cc1C. The fraction of sp³-hybridized carbons (Fsp3) is 0.385. The van der Waals surface area contributed by atoms with E-state index >= 15 is 0 Å². The molecule has 102 valence electrons. The number of aryl methyl sites for hydroxylation is 2. The van der Waals surface area contributed by atoms with Gasteiger partial charge in [0.1, 0.15) is 12.2 Å². The third-order valence-electron chi connectivity index (χ3n) is 2.84. The third kappa shape index (κ3) is 3.20. The van der Waals surface area contributed by atoms with Crippen LogP contribution >= 0.6 is 0 Å². The van der Waals surface area contributed by atoms with E-state index < -0.39 is 10.8 Å². The summed E-state index contributed by atoms with van der Waals surface area (Å²) in [6.07, 6.45) is 2.49. The molecule has 0 spiro atoms. The molecule has 2 N–H and O–H groups in total. The van der Waals surface area contributed by atoms with E-state index in [9.17, 15) is 4.21 Å². The summed E-state index contributed by atoms with van der Waals surface area (Å²) in [5.74, 6) is 1.14. The maximum Gasteiger partial charge on any atom is 0.139 e. The minimum Gasteiger partial charge on any atom is -0.399 e. The number of hydrogen-bond donors (Lipinski definition) is 1. The van der Waals surface area contributed by atoms with Gasteiger partial charge in [0, 0.05) is 17.1 Å². The average Bonchev–Trinajstić information content (AvgIpc) is 2.77. The van der Waals surface area contributed by atoms with Crippen molar-refractivity contribution in [3.05, 3.63) is 35.9 Å². The maximum absolute atomic E-state index is 12.4. The van der Waals surface area contributed by atoms with Gasteiger partial charge in [-0.3, -0.25) is 4.21 Å². The fourth-order valence-corrected chi connectivity index (χ4v) is 3.17. The molecule has 6 heteroatoms. The highest BCUT2D eigenvalue weighted by Crippen LogP contribution is 2.18. The van der Waals surface area contributed by atoms with Crippen molar-refractivity contribution in [3.63, 3.8) is 0 Å². The molecule has 2 rings (SSSR count). The molecule has 1 unspecified atom stereocenters. The summed E-state index contributed by atoms with van der Waals surface area (Å²) < 4.78 is 14.2. The molecule has 1 aromatic heterocycles. The topological polar surface area (TPSA) is 73.8 Å². The van der Waals surface area contributed by atoms with Gasteiger partial charge in [0.2, 0.25) is 0 Å². The monoisotopic (exact) mass is 278 g/mol. The lowest BCUT2D eigenvalue weighted by molar-refractivity contribution is 0.579. The molecular formula is C13H18N4OS. The van der Waals surface area contributed by atoms with E-state index in [4.69, 9.17) is 5.73 Å². The molecule has 0 aliphatic carbocycles. The number of hydrogen-bond acceptors (Lipinski definition) is 4. The highest BCUT2D eigenvalue weighted by molar-refractivity contribution is 7.84. The number of anilines is 1. The maximum atomic E-state index is 12.4. The Morgan fingerprint density at radius 1 is 1.42 bits per heavy atom. The summed E-state index contributed by atoms with van der Waals surface area (Å²) >= 11 is 0. The Kier molecular flexibility index (Phi) is 4.31. The first-order valence-corrected chi connectivity index (χ1v) is 7.55. The van der Waals surface area contributed by atoms with Crippen molar-refractivity contribution in [2.24, 2.45) is 0 Å². The number of rotatable bonds is 5. The van der Waals surface area contributed by atoms with Crippen molar-refractivity contribution in [2.45, 2.75) is 37.5 Å². The van der Waals surface area contributed by atoms with Crippen LogP contribution in [0.5, 0.6) is 0 Å². The Bertz CT molecular complexity index is 594. The van der Waals surface area contributed by atoms with Crippen LogP contribution in [0.3, 0.4) is 0 Å². The van der Waals surface area contributed by atoms with Gasteiger partial charge in [-0.05, 0) is 37.1 Å². The number of nitrogens with two attached hydrogens (primary N) is 1. The number of nitrogens with zero attached hydrogens (tertiary/aromatic N) is 3. The normalized spacial score (nSPS) is 12.5. The van der Waals surface area contributed by atoms with Gasteiger partial charge in [0.05, 0.1) is 16.6 Å². The molecule has 0 saturated heterocycles. The molecule has 5 nitrogen and oxygen atoms in total. The van der Waals surface area contributed by atoms with Gasteiger partial charge in [-0.15, -0.1) is 0 Å². The molecule has 1 atom stereocenters. The van der Waals surface area contributed by atoms with Gasteiger partial charge in [0.15, 0.2) is 0 Å². The van der Waals surface area contributed by atoms with E-state index in [1.54, 1.807) is 6.07 Å². The average molecular weight is 278 g/mol. The molecule has 0 radical (unpaired) electrons. The second-order valence-electron chi connectivity index (χ2n) is 4.41. The van der Waals surface area contributed by atoms with Crippen LogP contribution in [0.1, 0.15) is 24.7 Å². The molecule has 1 aromatic carbocycles. The number of nitrogen functional groups attached to an aromatic ring is 1. The first-order chi connectivity index (χ1) is 9.11. The van der Waals surface area contributed by atoms with Gasteiger partial charge in [0.25, 0.3) is 0 Å². The Morgan fingerprint density at radius 2 is 2.21 bits per heavy atom. The standard InChI is InChI=1S/C13H18N4OS/c1-3-6-17-13(15-9-16-17)8-19(18)12-5-4-11(14)7-10(12)2/h4-5,7,9H,3,6,8,14H2,1-2H3. The smallest absolute Gasteiger partial charge is 0.139 e.